The van der Waals surface area contributed by atoms with E-state index in [9.17, 15) is 26.8 Å². The highest BCUT2D eigenvalue weighted by Crippen LogP contribution is 2.25. The number of rotatable bonds is 6. The molecular formula is C21H22F2N2O5S. The van der Waals surface area contributed by atoms with Gasteiger partial charge in [0.25, 0.3) is 5.91 Å². The molecule has 1 aliphatic rings. The number of anilines is 1. The van der Waals surface area contributed by atoms with E-state index < -0.39 is 45.6 Å². The molecule has 166 valence electrons. The topological polar surface area (TPSA) is 92.8 Å². The second kappa shape index (κ2) is 9.52. The molecule has 0 aromatic heterocycles. The van der Waals surface area contributed by atoms with Crippen LogP contribution in [0.15, 0.2) is 53.4 Å². The summed E-state index contributed by atoms with van der Waals surface area (Å²) in [5, 5.41) is 2.47. The minimum atomic E-state index is -3.78. The van der Waals surface area contributed by atoms with Gasteiger partial charge in [-0.25, -0.2) is 17.2 Å². The quantitative estimate of drug-likeness (QED) is 0.681. The third-order valence-electron chi connectivity index (χ3n) is 4.99. The van der Waals surface area contributed by atoms with Crippen molar-refractivity contribution in [2.24, 2.45) is 5.92 Å². The van der Waals surface area contributed by atoms with E-state index >= 15 is 0 Å². The van der Waals surface area contributed by atoms with Crippen molar-refractivity contribution in [3.8, 4) is 0 Å². The molecule has 0 spiro atoms. The van der Waals surface area contributed by atoms with Crippen LogP contribution in [0.25, 0.3) is 0 Å². The van der Waals surface area contributed by atoms with Crippen LogP contribution in [0.3, 0.4) is 0 Å². The van der Waals surface area contributed by atoms with Gasteiger partial charge in [0.1, 0.15) is 11.6 Å². The van der Waals surface area contributed by atoms with Gasteiger partial charge < -0.3 is 10.1 Å². The molecule has 0 saturated carbocycles. The molecule has 1 aliphatic heterocycles. The van der Waals surface area contributed by atoms with Crippen molar-refractivity contribution in [3.63, 3.8) is 0 Å². The maximum Gasteiger partial charge on any atom is 0.309 e. The number of carbonyl (C=O) groups is 2. The minimum absolute atomic E-state index is 0.0161. The first-order valence-corrected chi connectivity index (χ1v) is 11.1. The molecule has 10 heteroatoms. The first-order valence-electron chi connectivity index (χ1n) is 9.69. The smallest absolute Gasteiger partial charge is 0.309 e. The fraction of sp³-hybridized carbons (Fsp3) is 0.333. The molecular weight excluding hydrogens is 430 g/mol. The SMILES string of the molecule is CC(OC(=O)C1CCN(S(=O)(=O)c2ccc(F)cc2)CC1)C(=O)Nc1cccc(F)c1. The number of hydrogen-bond acceptors (Lipinski definition) is 5. The van der Waals surface area contributed by atoms with Crippen molar-refractivity contribution < 1.29 is 31.5 Å². The van der Waals surface area contributed by atoms with Crippen LogP contribution in [0.4, 0.5) is 14.5 Å². The van der Waals surface area contributed by atoms with E-state index in [2.05, 4.69) is 5.32 Å². The van der Waals surface area contributed by atoms with Crippen molar-refractivity contribution >= 4 is 27.6 Å². The molecule has 1 saturated heterocycles. The zero-order valence-corrected chi connectivity index (χ0v) is 17.6. The lowest BCUT2D eigenvalue weighted by Gasteiger charge is -2.30. The van der Waals surface area contributed by atoms with Crippen LogP contribution in [0, 0.1) is 17.6 Å². The Bertz CT molecular complexity index is 1050. The summed E-state index contributed by atoms with van der Waals surface area (Å²) in [7, 11) is -3.78. The van der Waals surface area contributed by atoms with Crippen LogP contribution in [0.1, 0.15) is 19.8 Å². The van der Waals surface area contributed by atoms with Crippen LogP contribution in [-0.2, 0) is 24.3 Å². The third kappa shape index (κ3) is 5.65. The van der Waals surface area contributed by atoms with Gasteiger partial charge in [0.2, 0.25) is 10.0 Å². The van der Waals surface area contributed by atoms with E-state index in [0.717, 1.165) is 18.2 Å². The number of nitrogens with one attached hydrogen (secondary N) is 1. The standard InChI is InChI=1S/C21H22F2N2O5S/c1-14(20(26)24-18-4-2-3-17(23)13-18)30-21(27)15-9-11-25(12-10-15)31(28,29)19-7-5-16(22)6-8-19/h2-8,13-15H,9-12H2,1H3,(H,24,26). The lowest BCUT2D eigenvalue weighted by Crippen LogP contribution is -2.41. The van der Waals surface area contributed by atoms with Crippen molar-refractivity contribution in [1.82, 2.24) is 4.31 Å². The number of amides is 1. The van der Waals surface area contributed by atoms with Gasteiger partial charge in [-0.1, -0.05) is 6.07 Å². The molecule has 3 rings (SSSR count). The summed E-state index contributed by atoms with van der Waals surface area (Å²) in [6, 6.07) is 9.88. The maximum atomic E-state index is 13.2. The van der Waals surface area contributed by atoms with Crippen LogP contribution in [0.5, 0.6) is 0 Å². The average molecular weight is 452 g/mol. The minimum Gasteiger partial charge on any atom is -0.452 e. The molecule has 0 bridgehead atoms. The number of piperidine rings is 1. The third-order valence-corrected chi connectivity index (χ3v) is 6.91. The lowest BCUT2D eigenvalue weighted by atomic mass is 9.98. The van der Waals surface area contributed by atoms with E-state index in [-0.39, 0.29) is 36.5 Å². The molecule has 31 heavy (non-hydrogen) atoms. The molecule has 1 atom stereocenters. The van der Waals surface area contributed by atoms with Crippen LogP contribution < -0.4 is 5.32 Å². The van der Waals surface area contributed by atoms with Gasteiger partial charge in [0, 0.05) is 18.8 Å². The number of halogens is 2. The lowest BCUT2D eigenvalue weighted by molar-refractivity contribution is -0.158. The summed E-state index contributed by atoms with van der Waals surface area (Å²) in [4.78, 5) is 24.6. The molecule has 1 unspecified atom stereocenters. The summed E-state index contributed by atoms with van der Waals surface area (Å²) in [6.45, 7) is 1.60. The summed E-state index contributed by atoms with van der Waals surface area (Å²) in [6.07, 6.45) is -0.633. The van der Waals surface area contributed by atoms with Gasteiger partial charge in [-0.2, -0.15) is 4.31 Å². The van der Waals surface area contributed by atoms with Crippen LogP contribution in [-0.4, -0.2) is 43.8 Å². The highest BCUT2D eigenvalue weighted by Gasteiger charge is 2.34. The van der Waals surface area contributed by atoms with Crippen molar-refractivity contribution in [1.29, 1.82) is 0 Å². The highest BCUT2D eigenvalue weighted by atomic mass is 32.2. The van der Waals surface area contributed by atoms with Crippen LogP contribution >= 0.6 is 0 Å². The predicted molar refractivity (Wildman–Crippen MR) is 108 cm³/mol. The Labute approximate surface area is 179 Å². The van der Waals surface area contributed by atoms with Gasteiger partial charge in [-0.3, -0.25) is 9.59 Å². The molecule has 1 N–H and O–H groups in total. The van der Waals surface area contributed by atoms with Gasteiger partial charge in [-0.15, -0.1) is 0 Å². The zero-order chi connectivity index (χ0) is 22.6. The van der Waals surface area contributed by atoms with E-state index in [1.807, 2.05) is 0 Å². The molecule has 1 fully saturated rings. The van der Waals surface area contributed by atoms with Crippen molar-refractivity contribution in [3.05, 3.63) is 60.2 Å². The molecule has 7 nitrogen and oxygen atoms in total. The monoisotopic (exact) mass is 452 g/mol. The van der Waals surface area contributed by atoms with E-state index in [0.29, 0.717) is 0 Å². The number of sulfonamides is 1. The largest absolute Gasteiger partial charge is 0.452 e. The van der Waals surface area contributed by atoms with Gasteiger partial charge in [0.05, 0.1) is 10.8 Å². The summed E-state index contributed by atoms with van der Waals surface area (Å²) in [5.41, 5.74) is 0.243. The number of carbonyl (C=O) groups excluding carboxylic acids is 2. The van der Waals surface area contributed by atoms with E-state index in [1.165, 1.54) is 41.6 Å². The number of benzene rings is 2. The predicted octanol–water partition coefficient (Wildman–Crippen LogP) is 2.94. The maximum absolute atomic E-state index is 13.2. The van der Waals surface area contributed by atoms with Gasteiger partial charge in [0.15, 0.2) is 6.10 Å². The Morgan fingerprint density at radius 3 is 2.32 bits per heavy atom. The summed E-state index contributed by atoms with van der Waals surface area (Å²) >= 11 is 0. The molecule has 2 aromatic carbocycles. The second-order valence-electron chi connectivity index (χ2n) is 7.21. The molecule has 1 amide bonds. The van der Waals surface area contributed by atoms with Gasteiger partial charge in [-0.05, 0) is 62.2 Å². The Morgan fingerprint density at radius 1 is 1.06 bits per heavy atom. The van der Waals surface area contributed by atoms with Crippen molar-refractivity contribution in [2.45, 2.75) is 30.8 Å². The van der Waals surface area contributed by atoms with E-state index in [1.54, 1.807) is 0 Å². The highest BCUT2D eigenvalue weighted by molar-refractivity contribution is 7.89. The van der Waals surface area contributed by atoms with Gasteiger partial charge >= 0.3 is 5.97 Å². The fourth-order valence-electron chi connectivity index (χ4n) is 3.22. The molecule has 0 radical (unpaired) electrons. The molecule has 2 aromatic rings. The Morgan fingerprint density at radius 2 is 1.71 bits per heavy atom. The first-order chi connectivity index (χ1) is 14.7. The molecule has 0 aliphatic carbocycles. The van der Waals surface area contributed by atoms with Crippen molar-refractivity contribution in [2.75, 3.05) is 18.4 Å². The zero-order valence-electron chi connectivity index (χ0n) is 16.8. The number of esters is 1. The van der Waals surface area contributed by atoms with E-state index in [4.69, 9.17) is 4.74 Å². The Balaban J connectivity index is 1.52. The number of nitrogens with zero attached hydrogens (tertiary/aromatic N) is 1. The number of ether oxygens (including phenoxy) is 1. The fourth-order valence-corrected chi connectivity index (χ4v) is 4.69. The summed E-state index contributed by atoms with van der Waals surface area (Å²) in [5.74, 6) is -2.79. The summed E-state index contributed by atoms with van der Waals surface area (Å²) < 4.78 is 58.0. The Kier molecular flexibility index (Phi) is 7.01. The Hall–Kier alpha value is -2.85. The first kappa shape index (κ1) is 22.8. The van der Waals surface area contributed by atoms with Crippen LogP contribution in [0.2, 0.25) is 0 Å². The second-order valence-corrected chi connectivity index (χ2v) is 9.15. The number of hydrogen-bond donors (Lipinski definition) is 1. The normalized spacial score (nSPS) is 16.5. The molecule has 1 heterocycles. The average Bonchev–Trinajstić information content (AvgIpc) is 2.74.